The van der Waals surface area contributed by atoms with E-state index in [-0.39, 0.29) is 25.9 Å². The molecule has 0 saturated carbocycles. The summed E-state index contributed by atoms with van der Waals surface area (Å²) in [6, 6.07) is 10.5. The van der Waals surface area contributed by atoms with Gasteiger partial charge in [0.05, 0.1) is 17.6 Å². The van der Waals surface area contributed by atoms with E-state index in [1.54, 1.807) is 42.1 Å². The van der Waals surface area contributed by atoms with Crippen molar-refractivity contribution in [1.29, 1.82) is 10.8 Å². The zero-order chi connectivity index (χ0) is 23.1. The van der Waals surface area contributed by atoms with Gasteiger partial charge < -0.3 is 20.4 Å². The minimum Gasteiger partial charge on any atom is -0.419 e. The first-order valence-corrected chi connectivity index (χ1v) is 10.3. The molecule has 0 fully saturated rings. The molecule has 9 heteroatoms. The molecule has 9 nitrogen and oxygen atoms in total. The minimum atomic E-state index is -0.266. The van der Waals surface area contributed by atoms with Crippen molar-refractivity contribution in [3.05, 3.63) is 81.7 Å². The number of hydrogen-bond acceptors (Lipinski definition) is 8. The maximum atomic E-state index is 12.1. The molecule has 32 heavy (non-hydrogen) atoms. The minimum absolute atomic E-state index is 0. The smallest absolute Gasteiger partial charge is 0.250 e. The summed E-state index contributed by atoms with van der Waals surface area (Å²) in [5.74, 6) is -0.412. The Hall–Kier alpha value is -3.69. The van der Waals surface area contributed by atoms with Gasteiger partial charge in [0.25, 0.3) is 5.56 Å². The summed E-state index contributed by atoms with van der Waals surface area (Å²) >= 11 is 0. The Morgan fingerprint density at radius 3 is 2.62 bits per heavy atom. The normalized spacial score (nSPS) is 10.7. The van der Waals surface area contributed by atoms with E-state index in [1.807, 2.05) is 19.2 Å². The van der Waals surface area contributed by atoms with Gasteiger partial charge in [-0.05, 0) is 50.7 Å². The van der Waals surface area contributed by atoms with Crippen LogP contribution in [0.5, 0.6) is 0 Å². The molecule has 3 rings (SSSR count). The van der Waals surface area contributed by atoms with Crippen LogP contribution < -0.4 is 16.6 Å². The van der Waals surface area contributed by atoms with Gasteiger partial charge in [0, 0.05) is 39.3 Å². The Labute approximate surface area is 189 Å². The lowest BCUT2D eigenvalue weighted by molar-refractivity contribution is 0.534. The number of nitrogens with zero attached hydrogens (tertiary/aromatic N) is 3. The van der Waals surface area contributed by atoms with Crippen molar-refractivity contribution in [3.63, 3.8) is 0 Å². The number of nitrogens with one attached hydrogen (secondary N) is 3. The quantitative estimate of drug-likeness (QED) is 0.315. The van der Waals surface area contributed by atoms with Crippen LogP contribution in [-0.2, 0) is 17.8 Å². The molecule has 0 aliphatic rings. The van der Waals surface area contributed by atoms with E-state index in [4.69, 9.17) is 21.3 Å². The molecule has 0 atom stereocenters. The van der Waals surface area contributed by atoms with E-state index in [0.29, 0.717) is 42.0 Å². The van der Waals surface area contributed by atoms with Crippen LogP contribution in [-0.4, -0.2) is 39.9 Å². The molecule has 0 saturated heterocycles. The highest BCUT2D eigenvalue weighted by atomic mass is 16.5. The molecule has 0 amide bonds. The lowest BCUT2D eigenvalue weighted by Gasteiger charge is -2.12. The lowest BCUT2D eigenvalue weighted by Crippen LogP contribution is -2.20. The van der Waals surface area contributed by atoms with E-state index in [0.717, 1.165) is 12.1 Å². The number of benzene rings is 1. The standard InChI is InChI=1S/C23H27N7O2.2H2/c1-15-21(23(26)32-22(25)17-6-4-16(5-7-17)12-27-2)29-19(13-28-15)18-8-9-20(31)30(14-18)11-3-10-24;;/h4-9,13-14,25-27H,3,10-12,24H2,1-2H3;2*1H. The molecular weight excluding hydrogens is 406 g/mol. The molecule has 2 aromatic heterocycles. The van der Waals surface area contributed by atoms with Crippen LogP contribution in [0.15, 0.2) is 53.6 Å². The molecule has 0 radical (unpaired) electrons. The van der Waals surface area contributed by atoms with Gasteiger partial charge in [0.15, 0.2) is 0 Å². The third-order valence-electron chi connectivity index (χ3n) is 4.85. The summed E-state index contributed by atoms with van der Waals surface area (Å²) in [6.45, 7) is 3.45. The zero-order valence-corrected chi connectivity index (χ0v) is 18.2. The first-order valence-electron chi connectivity index (χ1n) is 10.3. The van der Waals surface area contributed by atoms with Crippen LogP contribution in [0.25, 0.3) is 11.3 Å². The molecule has 3 aromatic rings. The molecule has 0 aliphatic heterocycles. The number of aromatic nitrogens is 3. The number of ether oxygens (including phenoxy) is 1. The average Bonchev–Trinajstić information content (AvgIpc) is 2.79. The van der Waals surface area contributed by atoms with Crippen molar-refractivity contribution < 1.29 is 7.59 Å². The third kappa shape index (κ3) is 5.51. The van der Waals surface area contributed by atoms with Crippen LogP contribution in [0.4, 0.5) is 0 Å². The van der Waals surface area contributed by atoms with E-state index >= 15 is 0 Å². The molecule has 5 N–H and O–H groups in total. The van der Waals surface area contributed by atoms with Crippen molar-refractivity contribution in [2.45, 2.75) is 26.4 Å². The van der Waals surface area contributed by atoms with Crippen LogP contribution >= 0.6 is 0 Å². The largest absolute Gasteiger partial charge is 0.419 e. The highest BCUT2D eigenvalue weighted by Crippen LogP contribution is 2.17. The van der Waals surface area contributed by atoms with Crippen LogP contribution in [0.1, 0.15) is 31.8 Å². The Kier molecular flexibility index (Phi) is 7.58. The van der Waals surface area contributed by atoms with Crippen molar-refractivity contribution in [3.8, 4) is 11.3 Å². The number of hydrogen-bond donors (Lipinski definition) is 4. The van der Waals surface area contributed by atoms with Crippen LogP contribution in [0.3, 0.4) is 0 Å². The second kappa shape index (κ2) is 10.6. The predicted octanol–water partition coefficient (Wildman–Crippen LogP) is 2.54. The molecule has 0 aliphatic carbocycles. The molecule has 0 unspecified atom stereocenters. The predicted molar refractivity (Wildman–Crippen MR) is 128 cm³/mol. The third-order valence-corrected chi connectivity index (χ3v) is 4.85. The lowest BCUT2D eigenvalue weighted by atomic mass is 10.1. The summed E-state index contributed by atoms with van der Waals surface area (Å²) in [5, 5.41) is 19.6. The summed E-state index contributed by atoms with van der Waals surface area (Å²) in [5.41, 5.74) is 9.02. The van der Waals surface area contributed by atoms with Gasteiger partial charge >= 0.3 is 0 Å². The second-order valence-corrected chi connectivity index (χ2v) is 7.27. The highest BCUT2D eigenvalue weighted by molar-refractivity contribution is 6.04. The second-order valence-electron chi connectivity index (χ2n) is 7.27. The molecule has 170 valence electrons. The molecule has 2 heterocycles. The summed E-state index contributed by atoms with van der Waals surface area (Å²) in [4.78, 5) is 20.9. The van der Waals surface area contributed by atoms with E-state index in [9.17, 15) is 4.79 Å². The van der Waals surface area contributed by atoms with Crippen LogP contribution in [0, 0.1) is 17.7 Å². The Balaban J connectivity index is 0.00000289. The van der Waals surface area contributed by atoms with Crippen molar-refractivity contribution in [2.75, 3.05) is 13.6 Å². The number of pyridine rings is 1. The first kappa shape index (κ1) is 23.0. The van der Waals surface area contributed by atoms with Gasteiger partial charge in [-0.3, -0.25) is 20.6 Å². The van der Waals surface area contributed by atoms with E-state index < -0.39 is 0 Å². The van der Waals surface area contributed by atoms with Gasteiger partial charge in [-0.25, -0.2) is 4.98 Å². The maximum absolute atomic E-state index is 12.1. The van der Waals surface area contributed by atoms with Crippen molar-refractivity contribution in [2.24, 2.45) is 5.73 Å². The highest BCUT2D eigenvalue weighted by Gasteiger charge is 2.16. The number of aryl methyl sites for hydroxylation is 2. The van der Waals surface area contributed by atoms with Crippen molar-refractivity contribution >= 4 is 11.8 Å². The number of nitrogens with two attached hydrogens (primary N) is 1. The van der Waals surface area contributed by atoms with Gasteiger partial charge in [-0.1, -0.05) is 12.1 Å². The van der Waals surface area contributed by atoms with E-state index in [1.165, 1.54) is 6.07 Å². The first-order chi connectivity index (χ1) is 15.4. The maximum Gasteiger partial charge on any atom is 0.250 e. The van der Waals surface area contributed by atoms with Crippen LogP contribution in [0.2, 0.25) is 0 Å². The monoisotopic (exact) mass is 437 g/mol. The number of rotatable bonds is 8. The summed E-state index contributed by atoms with van der Waals surface area (Å²) in [6.07, 6.45) is 3.98. The topological polar surface area (TPSA) is 143 Å². The van der Waals surface area contributed by atoms with Gasteiger partial charge in [0.2, 0.25) is 11.8 Å². The zero-order valence-electron chi connectivity index (χ0n) is 18.2. The Morgan fingerprint density at radius 1 is 1.19 bits per heavy atom. The molecular formula is C23H31N7O2. The Morgan fingerprint density at radius 2 is 1.94 bits per heavy atom. The fourth-order valence-electron chi connectivity index (χ4n) is 3.11. The molecule has 0 spiro atoms. The summed E-state index contributed by atoms with van der Waals surface area (Å²) < 4.78 is 7.05. The Bertz CT molecular complexity index is 1180. The fourth-order valence-corrected chi connectivity index (χ4v) is 3.11. The SMILES string of the molecule is CNCc1ccc(C(=N)OC(=N)c2nc(-c3ccc(=O)n(CCCN)c3)cnc2C)cc1.[HH].[HH]. The summed E-state index contributed by atoms with van der Waals surface area (Å²) in [7, 11) is 1.87. The molecule has 0 bridgehead atoms. The van der Waals surface area contributed by atoms with Crippen molar-refractivity contribution in [1.82, 2.24) is 19.9 Å². The van der Waals surface area contributed by atoms with E-state index in [2.05, 4.69) is 15.3 Å². The molecule has 1 aromatic carbocycles. The average molecular weight is 438 g/mol. The van der Waals surface area contributed by atoms with Gasteiger partial charge in [-0.15, -0.1) is 0 Å². The van der Waals surface area contributed by atoms with Gasteiger partial charge in [-0.2, -0.15) is 0 Å². The fraction of sp³-hybridized carbons (Fsp3) is 0.261. The van der Waals surface area contributed by atoms with Gasteiger partial charge in [0.1, 0.15) is 5.69 Å².